The number of carboxylic acid groups (broad SMARTS) is 2. The zero-order chi connectivity index (χ0) is 16.1. The second-order valence-electron chi connectivity index (χ2n) is 7.32. The zero-order valence-electron chi connectivity index (χ0n) is 12.9. The van der Waals surface area contributed by atoms with E-state index in [9.17, 15) is 24.9 Å². The molecule has 0 amide bonds. The Hall–Kier alpha value is -1.52. The lowest BCUT2D eigenvalue weighted by atomic mass is 9.64. The molecule has 1 rings (SSSR count). The summed E-state index contributed by atoms with van der Waals surface area (Å²) in [5.41, 5.74) is -2.67. The van der Waals surface area contributed by atoms with E-state index in [0.29, 0.717) is 5.57 Å². The van der Waals surface area contributed by atoms with Gasteiger partial charge in [-0.25, -0.2) is 0 Å². The molecule has 1 aliphatic carbocycles. The molecule has 0 aromatic carbocycles. The van der Waals surface area contributed by atoms with Crippen molar-refractivity contribution >= 4 is 11.9 Å². The van der Waals surface area contributed by atoms with Crippen LogP contribution in [0.4, 0.5) is 0 Å². The van der Waals surface area contributed by atoms with Crippen molar-refractivity contribution in [3.63, 3.8) is 0 Å². The van der Waals surface area contributed by atoms with Gasteiger partial charge in [0.15, 0.2) is 0 Å². The maximum absolute atomic E-state index is 11.8. The number of carboxylic acids is 2. The Morgan fingerprint density at radius 1 is 1.10 bits per heavy atom. The predicted octanol–water partition coefficient (Wildman–Crippen LogP) is 3.07. The smallest absolute Gasteiger partial charge is 0.314 e. The fraction of sp³-hybridized carbons (Fsp3) is 0.733. The minimum Gasteiger partial charge on any atom is -0.512 e. The van der Waals surface area contributed by atoms with Gasteiger partial charge >= 0.3 is 11.9 Å². The molecule has 0 aliphatic heterocycles. The molecule has 0 heterocycles. The summed E-state index contributed by atoms with van der Waals surface area (Å²) < 4.78 is 0. The molecule has 0 spiro atoms. The van der Waals surface area contributed by atoms with E-state index >= 15 is 0 Å². The quantitative estimate of drug-likeness (QED) is 0.677. The van der Waals surface area contributed by atoms with Crippen LogP contribution in [0.2, 0.25) is 0 Å². The third kappa shape index (κ3) is 2.09. The Bertz CT molecular complexity index is 481. The first kappa shape index (κ1) is 16.5. The van der Waals surface area contributed by atoms with E-state index in [4.69, 9.17) is 0 Å². The van der Waals surface area contributed by atoms with E-state index in [-0.39, 0.29) is 12.2 Å². The zero-order valence-corrected chi connectivity index (χ0v) is 12.9. The third-order valence-electron chi connectivity index (χ3n) is 4.89. The van der Waals surface area contributed by atoms with Crippen LogP contribution in [0.25, 0.3) is 0 Å². The summed E-state index contributed by atoms with van der Waals surface area (Å²) in [7, 11) is 0. The van der Waals surface area contributed by atoms with Gasteiger partial charge in [0.25, 0.3) is 0 Å². The molecule has 0 saturated heterocycles. The molecule has 20 heavy (non-hydrogen) atoms. The lowest BCUT2D eigenvalue weighted by molar-refractivity contribution is -0.155. The molecule has 0 aromatic rings. The predicted molar refractivity (Wildman–Crippen MR) is 74.4 cm³/mol. The fourth-order valence-electron chi connectivity index (χ4n) is 2.99. The number of allylic oxidation sites excluding steroid dienone is 1. The van der Waals surface area contributed by atoms with Gasteiger partial charge in [-0.05, 0) is 24.3 Å². The molecular formula is C15H24O5. The molecule has 5 nitrogen and oxygen atoms in total. The number of aliphatic hydroxyl groups excluding tert-OH is 1. The fourth-order valence-corrected chi connectivity index (χ4v) is 2.99. The molecule has 2 unspecified atom stereocenters. The second kappa shape index (κ2) is 4.50. The van der Waals surface area contributed by atoms with Crippen molar-refractivity contribution in [3.8, 4) is 0 Å². The van der Waals surface area contributed by atoms with Crippen LogP contribution in [0.5, 0.6) is 0 Å². The molecule has 0 radical (unpaired) electrons. The summed E-state index contributed by atoms with van der Waals surface area (Å²) in [6.45, 7) is 10.1. The van der Waals surface area contributed by atoms with Gasteiger partial charge < -0.3 is 15.3 Å². The summed E-state index contributed by atoms with van der Waals surface area (Å²) in [6.07, 6.45) is 0.0637. The highest BCUT2D eigenvalue weighted by atomic mass is 16.4. The van der Waals surface area contributed by atoms with E-state index in [1.54, 1.807) is 34.6 Å². The molecule has 0 aromatic heterocycles. The summed E-state index contributed by atoms with van der Waals surface area (Å²) in [4.78, 5) is 23.3. The van der Waals surface area contributed by atoms with E-state index in [1.165, 1.54) is 6.92 Å². The Morgan fingerprint density at radius 3 is 1.85 bits per heavy atom. The normalized spacial score (nSPS) is 32.0. The molecule has 5 heteroatoms. The summed E-state index contributed by atoms with van der Waals surface area (Å²) in [5.74, 6) is -2.97. The SMILES string of the molecule is CC(C)(C)C(O)=C1CC(C(=O)O)C(C)(C)C1(C)C(=O)O. The van der Waals surface area contributed by atoms with Crippen LogP contribution in [0, 0.1) is 22.2 Å². The number of aliphatic carboxylic acids is 2. The summed E-state index contributed by atoms with van der Waals surface area (Å²) in [6, 6.07) is 0. The van der Waals surface area contributed by atoms with Gasteiger partial charge in [0.2, 0.25) is 0 Å². The average molecular weight is 284 g/mol. The first-order valence-electron chi connectivity index (χ1n) is 6.67. The number of rotatable bonds is 2. The number of aliphatic hydroxyl groups is 1. The monoisotopic (exact) mass is 284 g/mol. The van der Waals surface area contributed by atoms with E-state index in [0.717, 1.165) is 0 Å². The van der Waals surface area contributed by atoms with Crippen LogP contribution < -0.4 is 0 Å². The standard InChI is InChI=1S/C15H24O5/c1-13(2,3)10(16)8-7-9(11(17)18)14(4,5)15(8,6)12(19)20/h9,16H,7H2,1-6H3,(H,17,18)(H,19,20). The van der Waals surface area contributed by atoms with Crippen molar-refractivity contribution in [1.29, 1.82) is 0 Å². The van der Waals surface area contributed by atoms with Crippen LogP contribution in [-0.2, 0) is 9.59 Å². The van der Waals surface area contributed by atoms with E-state index in [2.05, 4.69) is 0 Å². The molecule has 0 bridgehead atoms. The van der Waals surface area contributed by atoms with Gasteiger partial charge in [-0.2, -0.15) is 0 Å². The van der Waals surface area contributed by atoms with Gasteiger partial charge in [0.05, 0.1) is 17.1 Å². The molecule has 114 valence electrons. The van der Waals surface area contributed by atoms with Crippen LogP contribution in [0.3, 0.4) is 0 Å². The Labute approximate surface area is 119 Å². The van der Waals surface area contributed by atoms with Crippen molar-refractivity contribution in [2.45, 2.75) is 48.0 Å². The van der Waals surface area contributed by atoms with E-state index in [1.807, 2.05) is 0 Å². The summed E-state index contributed by atoms with van der Waals surface area (Å²) >= 11 is 0. The highest BCUT2D eigenvalue weighted by molar-refractivity contribution is 5.84. The maximum atomic E-state index is 11.8. The van der Waals surface area contributed by atoms with Crippen LogP contribution >= 0.6 is 0 Å². The van der Waals surface area contributed by atoms with Gasteiger partial charge in [0, 0.05) is 5.41 Å². The lowest BCUT2D eigenvalue weighted by Crippen LogP contribution is -2.43. The third-order valence-corrected chi connectivity index (χ3v) is 4.89. The van der Waals surface area contributed by atoms with Crippen molar-refractivity contribution in [2.24, 2.45) is 22.2 Å². The first-order chi connectivity index (χ1) is 8.77. The van der Waals surface area contributed by atoms with Gasteiger partial charge in [-0.3, -0.25) is 9.59 Å². The minimum atomic E-state index is -1.40. The maximum Gasteiger partial charge on any atom is 0.314 e. The summed E-state index contributed by atoms with van der Waals surface area (Å²) in [5, 5.41) is 29.4. The Morgan fingerprint density at radius 2 is 1.55 bits per heavy atom. The Kier molecular flexibility index (Phi) is 3.72. The largest absolute Gasteiger partial charge is 0.512 e. The van der Waals surface area contributed by atoms with E-state index < -0.39 is 34.1 Å². The molecule has 1 aliphatic rings. The average Bonchev–Trinajstić information content (AvgIpc) is 2.46. The molecule has 1 fully saturated rings. The van der Waals surface area contributed by atoms with Gasteiger partial charge in [0.1, 0.15) is 0 Å². The minimum absolute atomic E-state index is 0.0146. The van der Waals surface area contributed by atoms with Crippen LogP contribution in [0.15, 0.2) is 11.3 Å². The molecule has 2 atom stereocenters. The number of hydrogen-bond acceptors (Lipinski definition) is 3. The lowest BCUT2D eigenvalue weighted by Gasteiger charge is -2.38. The number of hydrogen-bond donors (Lipinski definition) is 3. The van der Waals surface area contributed by atoms with Crippen LogP contribution in [0.1, 0.15) is 48.0 Å². The molecular weight excluding hydrogens is 260 g/mol. The number of carbonyl (C=O) groups is 2. The molecule has 3 N–H and O–H groups in total. The second-order valence-corrected chi connectivity index (χ2v) is 7.32. The van der Waals surface area contributed by atoms with Crippen molar-refractivity contribution < 1.29 is 24.9 Å². The topological polar surface area (TPSA) is 94.8 Å². The highest BCUT2D eigenvalue weighted by Crippen LogP contribution is 2.60. The van der Waals surface area contributed by atoms with Crippen LogP contribution in [-0.4, -0.2) is 27.3 Å². The Balaban J connectivity index is 3.63. The van der Waals surface area contributed by atoms with Crippen molar-refractivity contribution in [1.82, 2.24) is 0 Å². The van der Waals surface area contributed by atoms with Gasteiger partial charge in [-0.1, -0.05) is 34.6 Å². The molecule has 1 saturated carbocycles. The van der Waals surface area contributed by atoms with Crippen molar-refractivity contribution in [3.05, 3.63) is 11.3 Å². The first-order valence-corrected chi connectivity index (χ1v) is 6.67. The highest BCUT2D eigenvalue weighted by Gasteiger charge is 2.62. The van der Waals surface area contributed by atoms with Crippen molar-refractivity contribution in [2.75, 3.05) is 0 Å². The van der Waals surface area contributed by atoms with Gasteiger partial charge in [-0.15, -0.1) is 0 Å².